The van der Waals surface area contributed by atoms with Crippen molar-refractivity contribution >= 4 is 33.3 Å². The van der Waals surface area contributed by atoms with Gasteiger partial charge in [0, 0.05) is 22.4 Å². The van der Waals surface area contributed by atoms with E-state index in [-0.39, 0.29) is 0 Å². The average molecular weight is 285 g/mol. The second kappa shape index (κ2) is 4.16. The first-order valence-electron chi connectivity index (χ1n) is 4.20. The van der Waals surface area contributed by atoms with Crippen LogP contribution in [0.4, 0.5) is 5.82 Å². The summed E-state index contributed by atoms with van der Waals surface area (Å²) in [5.41, 5.74) is 7.27. The van der Waals surface area contributed by atoms with E-state index >= 15 is 0 Å². The molecule has 0 unspecified atom stereocenters. The molecule has 76 valence electrons. The molecule has 5 heteroatoms. The van der Waals surface area contributed by atoms with Crippen molar-refractivity contribution < 1.29 is 0 Å². The Labute approximate surface area is 100 Å². The SMILES string of the molecule is Nc1nccnc1-c1ccc(Cl)c(Br)c1. The van der Waals surface area contributed by atoms with Crippen LogP contribution in [0.2, 0.25) is 5.02 Å². The van der Waals surface area contributed by atoms with Gasteiger partial charge in [0.1, 0.15) is 11.5 Å². The van der Waals surface area contributed by atoms with Gasteiger partial charge in [-0.15, -0.1) is 0 Å². The van der Waals surface area contributed by atoms with E-state index in [1.54, 1.807) is 18.5 Å². The average Bonchev–Trinajstić information content (AvgIpc) is 2.23. The van der Waals surface area contributed by atoms with E-state index in [1.165, 1.54) is 0 Å². The molecule has 1 aromatic carbocycles. The first kappa shape index (κ1) is 10.4. The van der Waals surface area contributed by atoms with E-state index in [1.807, 2.05) is 12.1 Å². The summed E-state index contributed by atoms with van der Waals surface area (Å²) in [7, 11) is 0. The highest BCUT2D eigenvalue weighted by Crippen LogP contribution is 2.29. The van der Waals surface area contributed by atoms with Crippen molar-refractivity contribution in [2.45, 2.75) is 0 Å². The number of nitrogens with two attached hydrogens (primary N) is 1. The highest BCUT2D eigenvalue weighted by molar-refractivity contribution is 9.10. The minimum atomic E-state index is 0.409. The Balaban J connectivity index is 2.55. The minimum Gasteiger partial charge on any atom is -0.382 e. The quantitative estimate of drug-likeness (QED) is 0.875. The Morgan fingerprint density at radius 1 is 1.20 bits per heavy atom. The Morgan fingerprint density at radius 3 is 2.60 bits per heavy atom. The van der Waals surface area contributed by atoms with Crippen molar-refractivity contribution in [2.24, 2.45) is 0 Å². The highest BCUT2D eigenvalue weighted by atomic mass is 79.9. The lowest BCUT2D eigenvalue weighted by Crippen LogP contribution is -1.95. The van der Waals surface area contributed by atoms with Gasteiger partial charge in [0.15, 0.2) is 0 Å². The monoisotopic (exact) mass is 283 g/mol. The number of hydrogen-bond acceptors (Lipinski definition) is 3. The Morgan fingerprint density at radius 2 is 1.93 bits per heavy atom. The summed E-state index contributed by atoms with van der Waals surface area (Å²) in [6, 6.07) is 5.51. The van der Waals surface area contributed by atoms with Gasteiger partial charge in [-0.1, -0.05) is 17.7 Å². The second-order valence-corrected chi connectivity index (χ2v) is 4.18. The zero-order valence-electron chi connectivity index (χ0n) is 7.61. The molecule has 0 amide bonds. The second-order valence-electron chi connectivity index (χ2n) is 2.92. The Hall–Kier alpha value is -1.13. The highest BCUT2D eigenvalue weighted by Gasteiger charge is 2.06. The van der Waals surface area contributed by atoms with E-state index in [0.29, 0.717) is 16.5 Å². The van der Waals surface area contributed by atoms with Crippen LogP contribution in [0, 0.1) is 0 Å². The fraction of sp³-hybridized carbons (Fsp3) is 0. The van der Waals surface area contributed by atoms with Crippen molar-refractivity contribution in [2.75, 3.05) is 5.73 Å². The van der Waals surface area contributed by atoms with Gasteiger partial charge in [-0.2, -0.15) is 0 Å². The number of aromatic nitrogens is 2. The van der Waals surface area contributed by atoms with Gasteiger partial charge in [-0.3, -0.25) is 4.98 Å². The topological polar surface area (TPSA) is 51.8 Å². The molecular formula is C10H7BrClN3. The van der Waals surface area contributed by atoms with Gasteiger partial charge >= 0.3 is 0 Å². The van der Waals surface area contributed by atoms with Gasteiger partial charge in [-0.25, -0.2) is 4.98 Å². The molecule has 0 bridgehead atoms. The van der Waals surface area contributed by atoms with Crippen molar-refractivity contribution in [3.05, 3.63) is 40.1 Å². The van der Waals surface area contributed by atoms with Gasteiger partial charge < -0.3 is 5.73 Å². The smallest absolute Gasteiger partial charge is 0.149 e. The molecule has 3 nitrogen and oxygen atoms in total. The van der Waals surface area contributed by atoms with Crippen molar-refractivity contribution in [1.29, 1.82) is 0 Å². The van der Waals surface area contributed by atoms with Crippen LogP contribution in [0.3, 0.4) is 0 Å². The standard InChI is InChI=1S/C10H7BrClN3/c11-7-5-6(1-2-8(7)12)9-10(13)15-4-3-14-9/h1-5H,(H2,13,15). The number of anilines is 1. The number of nitrogen functional groups attached to an aromatic ring is 1. The summed E-state index contributed by atoms with van der Waals surface area (Å²) in [4.78, 5) is 8.14. The zero-order valence-corrected chi connectivity index (χ0v) is 9.96. The molecule has 0 fully saturated rings. The predicted octanol–water partition coefficient (Wildman–Crippen LogP) is 3.14. The van der Waals surface area contributed by atoms with Crippen LogP contribution in [0.15, 0.2) is 35.1 Å². The predicted molar refractivity (Wildman–Crippen MR) is 64.6 cm³/mol. The van der Waals surface area contributed by atoms with Gasteiger partial charge in [0.2, 0.25) is 0 Å². The third-order valence-electron chi connectivity index (χ3n) is 1.92. The van der Waals surface area contributed by atoms with Crippen LogP contribution in [0.1, 0.15) is 0 Å². The van der Waals surface area contributed by atoms with Crippen LogP contribution >= 0.6 is 27.5 Å². The summed E-state index contributed by atoms with van der Waals surface area (Å²) in [6.07, 6.45) is 3.16. The summed E-state index contributed by atoms with van der Waals surface area (Å²) in [6.45, 7) is 0. The van der Waals surface area contributed by atoms with Crippen molar-refractivity contribution in [3.8, 4) is 11.3 Å². The number of rotatable bonds is 1. The normalized spacial score (nSPS) is 10.3. The Kier molecular flexibility index (Phi) is 2.88. The molecule has 0 saturated carbocycles. The summed E-state index contributed by atoms with van der Waals surface area (Å²) in [5, 5.41) is 0.654. The largest absolute Gasteiger partial charge is 0.382 e. The Bertz CT molecular complexity index is 502. The molecule has 2 rings (SSSR count). The molecule has 2 aromatic rings. The van der Waals surface area contributed by atoms with Gasteiger partial charge in [0.05, 0.1) is 5.02 Å². The molecule has 1 aromatic heterocycles. The first-order valence-corrected chi connectivity index (χ1v) is 5.37. The molecule has 1 heterocycles. The van der Waals surface area contributed by atoms with E-state index in [0.717, 1.165) is 10.0 Å². The number of hydrogen-bond donors (Lipinski definition) is 1. The van der Waals surface area contributed by atoms with E-state index in [9.17, 15) is 0 Å². The van der Waals surface area contributed by atoms with Crippen molar-refractivity contribution in [3.63, 3.8) is 0 Å². The minimum absolute atomic E-state index is 0.409. The van der Waals surface area contributed by atoms with Gasteiger partial charge in [0.25, 0.3) is 0 Å². The van der Waals surface area contributed by atoms with Crippen LogP contribution in [0.25, 0.3) is 11.3 Å². The maximum absolute atomic E-state index is 5.89. The molecular weight excluding hydrogens is 277 g/mol. The lowest BCUT2D eigenvalue weighted by atomic mass is 10.1. The number of benzene rings is 1. The number of halogens is 2. The third-order valence-corrected chi connectivity index (χ3v) is 3.13. The summed E-state index contributed by atoms with van der Waals surface area (Å²) < 4.78 is 0.812. The van der Waals surface area contributed by atoms with E-state index in [2.05, 4.69) is 25.9 Å². The van der Waals surface area contributed by atoms with Crippen LogP contribution < -0.4 is 5.73 Å². The van der Waals surface area contributed by atoms with Crippen molar-refractivity contribution in [1.82, 2.24) is 9.97 Å². The van der Waals surface area contributed by atoms with Gasteiger partial charge in [-0.05, 0) is 28.1 Å². The molecule has 0 saturated heterocycles. The molecule has 2 N–H and O–H groups in total. The van der Waals surface area contributed by atoms with E-state index < -0.39 is 0 Å². The van der Waals surface area contributed by atoms with Crippen LogP contribution in [-0.4, -0.2) is 9.97 Å². The molecule has 0 atom stereocenters. The summed E-state index contributed by atoms with van der Waals surface area (Å²) >= 11 is 9.24. The molecule has 0 aliphatic rings. The molecule has 0 aliphatic carbocycles. The third kappa shape index (κ3) is 2.11. The zero-order chi connectivity index (χ0) is 10.8. The molecule has 0 aliphatic heterocycles. The van der Waals surface area contributed by atoms with Crippen LogP contribution in [0.5, 0.6) is 0 Å². The first-order chi connectivity index (χ1) is 7.18. The van der Waals surface area contributed by atoms with E-state index in [4.69, 9.17) is 17.3 Å². The molecule has 0 radical (unpaired) electrons. The summed E-state index contributed by atoms with van der Waals surface area (Å²) in [5.74, 6) is 0.409. The maximum Gasteiger partial charge on any atom is 0.149 e. The maximum atomic E-state index is 5.89. The molecule has 0 spiro atoms. The fourth-order valence-electron chi connectivity index (χ4n) is 1.21. The lowest BCUT2D eigenvalue weighted by molar-refractivity contribution is 1.21. The van der Waals surface area contributed by atoms with Crippen LogP contribution in [-0.2, 0) is 0 Å². The fourth-order valence-corrected chi connectivity index (χ4v) is 1.71. The lowest BCUT2D eigenvalue weighted by Gasteiger charge is -2.04. The number of nitrogens with zero attached hydrogens (tertiary/aromatic N) is 2. The molecule has 15 heavy (non-hydrogen) atoms.